The zero-order chi connectivity index (χ0) is 9.97. The van der Waals surface area contributed by atoms with Crippen molar-refractivity contribution in [2.45, 2.75) is 33.1 Å². The molecule has 2 rings (SSSR count). The van der Waals surface area contributed by atoms with E-state index < -0.39 is 0 Å². The van der Waals surface area contributed by atoms with Crippen molar-refractivity contribution in [3.05, 3.63) is 35.7 Å². The van der Waals surface area contributed by atoms with E-state index in [9.17, 15) is 0 Å². The molecular weight excluding hydrogens is 170 g/mol. The third-order valence-electron chi connectivity index (χ3n) is 2.93. The first-order valence-electron chi connectivity index (χ1n) is 5.61. The van der Waals surface area contributed by atoms with E-state index in [1.807, 2.05) is 0 Å². The van der Waals surface area contributed by atoms with Crippen molar-refractivity contribution in [1.29, 1.82) is 0 Å². The normalized spacial score (nSPS) is 22.6. The summed E-state index contributed by atoms with van der Waals surface area (Å²) in [6, 6.07) is 0. The highest BCUT2D eigenvalue weighted by atomic mass is 15.1. The average Bonchev–Trinajstić information content (AvgIpc) is 3.01. The molecule has 0 unspecified atom stereocenters. The lowest BCUT2D eigenvalue weighted by molar-refractivity contribution is 0.543. The van der Waals surface area contributed by atoms with Gasteiger partial charge < -0.3 is 4.90 Å². The highest BCUT2D eigenvalue weighted by Gasteiger charge is 2.25. The maximum atomic E-state index is 2.32. The van der Waals surface area contributed by atoms with E-state index in [-0.39, 0.29) is 0 Å². The molecule has 1 aliphatic heterocycles. The Bertz CT molecular complexity index is 292. The Morgan fingerprint density at radius 3 is 3.00 bits per heavy atom. The van der Waals surface area contributed by atoms with E-state index in [0.29, 0.717) is 0 Å². The summed E-state index contributed by atoms with van der Waals surface area (Å²) in [5.74, 6) is 0.865. The summed E-state index contributed by atoms with van der Waals surface area (Å²) in [6.45, 7) is 5.44. The van der Waals surface area contributed by atoms with Crippen molar-refractivity contribution in [3.63, 3.8) is 0 Å². The van der Waals surface area contributed by atoms with Gasteiger partial charge in [0.25, 0.3) is 0 Å². The van der Waals surface area contributed by atoms with E-state index in [0.717, 1.165) is 18.9 Å². The summed E-state index contributed by atoms with van der Waals surface area (Å²) in [4.78, 5) is 2.31. The van der Waals surface area contributed by atoms with Crippen molar-refractivity contribution >= 4 is 0 Å². The SMILES string of the molecule is CC/C(C)=C/N1C=C(C2CC2)C=CC1. The molecule has 0 atom stereocenters. The molecule has 76 valence electrons. The Kier molecular flexibility index (Phi) is 2.76. The van der Waals surface area contributed by atoms with Gasteiger partial charge in [0.05, 0.1) is 0 Å². The monoisotopic (exact) mass is 189 g/mol. The fourth-order valence-corrected chi connectivity index (χ4v) is 1.72. The highest BCUT2D eigenvalue weighted by molar-refractivity contribution is 5.29. The quantitative estimate of drug-likeness (QED) is 0.657. The van der Waals surface area contributed by atoms with Gasteiger partial charge in [0, 0.05) is 18.9 Å². The van der Waals surface area contributed by atoms with Crippen LogP contribution in [0.25, 0.3) is 0 Å². The minimum atomic E-state index is 0.865. The highest BCUT2D eigenvalue weighted by Crippen LogP contribution is 2.38. The minimum Gasteiger partial charge on any atom is -0.350 e. The van der Waals surface area contributed by atoms with Crippen LogP contribution < -0.4 is 0 Å². The molecule has 0 radical (unpaired) electrons. The van der Waals surface area contributed by atoms with Gasteiger partial charge in [-0.05, 0) is 37.7 Å². The lowest BCUT2D eigenvalue weighted by atomic mass is 10.1. The summed E-state index contributed by atoms with van der Waals surface area (Å²) in [5, 5.41) is 0. The summed E-state index contributed by atoms with van der Waals surface area (Å²) in [7, 11) is 0. The summed E-state index contributed by atoms with van der Waals surface area (Å²) < 4.78 is 0. The molecule has 1 nitrogen and oxygen atoms in total. The van der Waals surface area contributed by atoms with Crippen molar-refractivity contribution in [3.8, 4) is 0 Å². The Labute approximate surface area is 86.8 Å². The largest absolute Gasteiger partial charge is 0.350 e. The first-order chi connectivity index (χ1) is 6.79. The van der Waals surface area contributed by atoms with Crippen LogP contribution in [-0.4, -0.2) is 11.4 Å². The molecule has 0 aromatic carbocycles. The summed E-state index contributed by atoms with van der Waals surface area (Å²) in [5.41, 5.74) is 2.98. The first kappa shape index (κ1) is 9.57. The average molecular weight is 189 g/mol. The van der Waals surface area contributed by atoms with Gasteiger partial charge in [0.15, 0.2) is 0 Å². The zero-order valence-electron chi connectivity index (χ0n) is 9.16. The van der Waals surface area contributed by atoms with Crippen LogP contribution in [0.1, 0.15) is 33.1 Å². The zero-order valence-corrected chi connectivity index (χ0v) is 9.16. The van der Waals surface area contributed by atoms with Crippen LogP contribution >= 0.6 is 0 Å². The molecule has 0 amide bonds. The predicted octanol–water partition coefficient (Wildman–Crippen LogP) is 3.47. The van der Waals surface area contributed by atoms with Crippen molar-refractivity contribution in [2.75, 3.05) is 6.54 Å². The molecule has 0 spiro atoms. The van der Waals surface area contributed by atoms with Crippen LogP contribution in [0.2, 0.25) is 0 Å². The molecule has 14 heavy (non-hydrogen) atoms. The molecule has 0 N–H and O–H groups in total. The molecule has 1 saturated carbocycles. The molecule has 2 aliphatic rings. The second-order valence-corrected chi connectivity index (χ2v) is 4.33. The molecular formula is C13H19N. The molecule has 1 heteroatoms. The van der Waals surface area contributed by atoms with Crippen molar-refractivity contribution < 1.29 is 0 Å². The topological polar surface area (TPSA) is 3.24 Å². The molecule has 0 bridgehead atoms. The predicted molar refractivity (Wildman–Crippen MR) is 60.7 cm³/mol. The Hall–Kier alpha value is -0.980. The van der Waals surface area contributed by atoms with Gasteiger partial charge in [-0.2, -0.15) is 0 Å². The smallest absolute Gasteiger partial charge is 0.0403 e. The second-order valence-electron chi connectivity index (χ2n) is 4.33. The summed E-state index contributed by atoms with van der Waals surface area (Å²) in [6.07, 6.45) is 13.1. The Morgan fingerprint density at radius 2 is 2.36 bits per heavy atom. The van der Waals surface area contributed by atoms with Gasteiger partial charge in [-0.15, -0.1) is 0 Å². The van der Waals surface area contributed by atoms with E-state index in [1.165, 1.54) is 24.0 Å². The molecule has 1 aliphatic carbocycles. The van der Waals surface area contributed by atoms with Gasteiger partial charge in [-0.1, -0.05) is 24.6 Å². The number of hydrogen-bond donors (Lipinski definition) is 0. The molecule has 0 aromatic rings. The number of rotatable bonds is 3. The van der Waals surface area contributed by atoms with Crippen LogP contribution in [0.3, 0.4) is 0 Å². The standard InChI is InChI=1S/C13H19N/c1-3-11(2)9-14-8-4-5-13(10-14)12-6-7-12/h4-5,9-10,12H,3,6-8H2,1-2H3/b11-9+. The van der Waals surface area contributed by atoms with E-state index in [2.05, 4.69) is 43.3 Å². The van der Waals surface area contributed by atoms with Crippen LogP contribution in [0.5, 0.6) is 0 Å². The fourth-order valence-electron chi connectivity index (χ4n) is 1.72. The maximum Gasteiger partial charge on any atom is 0.0403 e. The maximum absolute atomic E-state index is 2.32. The molecule has 0 aromatic heterocycles. The lowest BCUT2D eigenvalue weighted by Crippen LogP contribution is -2.14. The van der Waals surface area contributed by atoms with Crippen LogP contribution in [0.4, 0.5) is 0 Å². The number of allylic oxidation sites excluding steroid dienone is 3. The minimum absolute atomic E-state index is 0.865. The van der Waals surface area contributed by atoms with Crippen LogP contribution in [0.15, 0.2) is 35.7 Å². The van der Waals surface area contributed by atoms with Gasteiger partial charge in [0.2, 0.25) is 0 Å². The van der Waals surface area contributed by atoms with Crippen LogP contribution in [0, 0.1) is 5.92 Å². The molecule has 1 fully saturated rings. The third-order valence-corrected chi connectivity index (χ3v) is 2.93. The second kappa shape index (κ2) is 4.04. The van der Waals surface area contributed by atoms with Crippen molar-refractivity contribution in [2.24, 2.45) is 5.92 Å². The summed E-state index contributed by atoms with van der Waals surface area (Å²) >= 11 is 0. The molecule has 1 heterocycles. The lowest BCUT2D eigenvalue weighted by Gasteiger charge is -2.20. The van der Waals surface area contributed by atoms with E-state index in [4.69, 9.17) is 0 Å². The number of nitrogens with zero attached hydrogens (tertiary/aromatic N) is 1. The first-order valence-corrected chi connectivity index (χ1v) is 5.61. The van der Waals surface area contributed by atoms with Gasteiger partial charge in [-0.3, -0.25) is 0 Å². The van der Waals surface area contributed by atoms with Crippen LogP contribution in [-0.2, 0) is 0 Å². The fraction of sp³-hybridized carbons (Fsp3) is 0.538. The molecule has 0 saturated heterocycles. The van der Waals surface area contributed by atoms with Crippen molar-refractivity contribution in [1.82, 2.24) is 4.90 Å². The Morgan fingerprint density at radius 1 is 1.57 bits per heavy atom. The van der Waals surface area contributed by atoms with Gasteiger partial charge in [-0.25, -0.2) is 0 Å². The Balaban J connectivity index is 2.04. The van der Waals surface area contributed by atoms with E-state index in [1.54, 1.807) is 0 Å². The van der Waals surface area contributed by atoms with Gasteiger partial charge >= 0.3 is 0 Å². The van der Waals surface area contributed by atoms with Gasteiger partial charge in [0.1, 0.15) is 0 Å². The number of hydrogen-bond acceptors (Lipinski definition) is 1. The third kappa shape index (κ3) is 2.28. The van der Waals surface area contributed by atoms with E-state index >= 15 is 0 Å².